The molecule has 1 aliphatic heterocycles. The number of carbonyl (C=O) groups excluding carboxylic acids is 1. The number of carbonyl (C=O) groups is 1. The Kier molecular flexibility index (Phi) is 4.69. The molecule has 4 heteroatoms. The molecule has 82 valence electrons. The van der Waals surface area contributed by atoms with E-state index >= 15 is 0 Å². The van der Waals surface area contributed by atoms with E-state index < -0.39 is 0 Å². The van der Waals surface area contributed by atoms with Crippen molar-refractivity contribution in [3.63, 3.8) is 0 Å². The molecule has 1 amide bonds. The van der Waals surface area contributed by atoms with Crippen molar-refractivity contribution in [3.8, 4) is 0 Å². The Morgan fingerprint density at radius 1 is 1.71 bits per heavy atom. The van der Waals surface area contributed by atoms with Crippen LogP contribution in [0.4, 0.5) is 0 Å². The van der Waals surface area contributed by atoms with Gasteiger partial charge >= 0.3 is 0 Å². The van der Waals surface area contributed by atoms with E-state index in [1.165, 1.54) is 0 Å². The van der Waals surface area contributed by atoms with Crippen LogP contribution in [-0.4, -0.2) is 30.5 Å². The summed E-state index contributed by atoms with van der Waals surface area (Å²) in [5.41, 5.74) is 0. The Balaban J connectivity index is 2.27. The van der Waals surface area contributed by atoms with Gasteiger partial charge in [-0.25, -0.2) is 0 Å². The van der Waals surface area contributed by atoms with Gasteiger partial charge in [-0.1, -0.05) is 13.8 Å². The number of nitrogens with one attached hydrogen (secondary N) is 1. The highest BCUT2D eigenvalue weighted by atomic mass is 35.5. The van der Waals surface area contributed by atoms with Crippen molar-refractivity contribution in [2.75, 3.05) is 13.2 Å². The number of hydrogen-bond donors (Lipinski definition) is 1. The number of amides is 1. The molecule has 1 aliphatic rings. The van der Waals surface area contributed by atoms with Gasteiger partial charge in [0.05, 0.1) is 5.38 Å². The zero-order chi connectivity index (χ0) is 10.6. The van der Waals surface area contributed by atoms with Crippen LogP contribution in [0.1, 0.15) is 26.7 Å². The number of alkyl halides is 1. The second-order valence-corrected chi connectivity index (χ2v) is 4.43. The molecule has 0 bridgehead atoms. The fraction of sp³-hybridized carbons (Fsp3) is 0.900. The second kappa shape index (κ2) is 5.56. The first kappa shape index (κ1) is 11.8. The van der Waals surface area contributed by atoms with Gasteiger partial charge in [0.1, 0.15) is 6.10 Å². The standard InChI is InChI=1S/C10H18ClNO2/c1-3-8(11)6-12-10(13)9-7(2)4-5-14-9/h7-9H,3-6H2,1-2H3,(H,12,13). The highest BCUT2D eigenvalue weighted by Gasteiger charge is 2.30. The monoisotopic (exact) mass is 219 g/mol. The van der Waals surface area contributed by atoms with Gasteiger partial charge in [-0.3, -0.25) is 4.79 Å². The lowest BCUT2D eigenvalue weighted by molar-refractivity contribution is -0.131. The molecule has 1 rings (SSSR count). The Bertz CT molecular complexity index is 199. The summed E-state index contributed by atoms with van der Waals surface area (Å²) in [6.45, 7) is 5.26. The van der Waals surface area contributed by atoms with Gasteiger partial charge in [0.15, 0.2) is 0 Å². The maximum absolute atomic E-state index is 11.6. The molecule has 0 aromatic heterocycles. The summed E-state index contributed by atoms with van der Waals surface area (Å²) in [5, 5.41) is 2.83. The van der Waals surface area contributed by atoms with E-state index in [0.29, 0.717) is 19.1 Å². The summed E-state index contributed by atoms with van der Waals surface area (Å²) in [5.74, 6) is 0.305. The van der Waals surface area contributed by atoms with Gasteiger partial charge in [0.25, 0.3) is 0 Å². The van der Waals surface area contributed by atoms with E-state index in [-0.39, 0.29) is 17.4 Å². The number of hydrogen-bond acceptors (Lipinski definition) is 2. The fourth-order valence-corrected chi connectivity index (χ4v) is 1.56. The molecular formula is C10H18ClNO2. The normalized spacial score (nSPS) is 28.8. The molecule has 3 atom stereocenters. The Morgan fingerprint density at radius 3 is 2.93 bits per heavy atom. The summed E-state index contributed by atoms with van der Waals surface area (Å²) in [4.78, 5) is 11.6. The number of halogens is 1. The lowest BCUT2D eigenvalue weighted by atomic mass is 10.0. The molecule has 0 spiro atoms. The molecule has 3 nitrogen and oxygen atoms in total. The maximum atomic E-state index is 11.6. The van der Waals surface area contributed by atoms with Gasteiger partial charge in [-0.05, 0) is 18.8 Å². The van der Waals surface area contributed by atoms with Crippen molar-refractivity contribution in [1.82, 2.24) is 5.32 Å². The lowest BCUT2D eigenvalue weighted by Crippen LogP contribution is -2.39. The van der Waals surface area contributed by atoms with Crippen molar-refractivity contribution >= 4 is 17.5 Å². The predicted octanol–water partition coefficient (Wildman–Crippen LogP) is 1.54. The van der Waals surface area contributed by atoms with Crippen LogP contribution in [0.25, 0.3) is 0 Å². The van der Waals surface area contributed by atoms with Crippen LogP contribution in [0.5, 0.6) is 0 Å². The molecule has 0 aromatic carbocycles. The highest BCUT2D eigenvalue weighted by Crippen LogP contribution is 2.19. The minimum Gasteiger partial charge on any atom is -0.368 e. The third-order valence-corrected chi connectivity index (χ3v) is 3.05. The first-order chi connectivity index (χ1) is 6.65. The predicted molar refractivity (Wildman–Crippen MR) is 56.5 cm³/mol. The third kappa shape index (κ3) is 3.14. The van der Waals surface area contributed by atoms with Crippen LogP contribution in [0.2, 0.25) is 0 Å². The van der Waals surface area contributed by atoms with E-state index in [4.69, 9.17) is 16.3 Å². The SMILES string of the molecule is CCC(Cl)CNC(=O)C1OCCC1C. The van der Waals surface area contributed by atoms with E-state index in [1.54, 1.807) is 0 Å². The minimum atomic E-state index is -0.268. The second-order valence-electron chi connectivity index (χ2n) is 3.81. The largest absolute Gasteiger partial charge is 0.368 e. The molecule has 0 aromatic rings. The first-order valence-electron chi connectivity index (χ1n) is 5.18. The smallest absolute Gasteiger partial charge is 0.249 e. The Hall–Kier alpha value is -0.280. The highest BCUT2D eigenvalue weighted by molar-refractivity contribution is 6.20. The summed E-state index contributed by atoms with van der Waals surface area (Å²) in [6, 6.07) is 0. The molecule has 1 fully saturated rings. The van der Waals surface area contributed by atoms with Crippen LogP contribution in [-0.2, 0) is 9.53 Å². The van der Waals surface area contributed by atoms with Gasteiger partial charge in [0, 0.05) is 13.2 Å². The zero-order valence-corrected chi connectivity index (χ0v) is 9.51. The molecular weight excluding hydrogens is 202 g/mol. The fourth-order valence-electron chi connectivity index (χ4n) is 1.49. The first-order valence-corrected chi connectivity index (χ1v) is 5.62. The quantitative estimate of drug-likeness (QED) is 0.729. The van der Waals surface area contributed by atoms with Crippen molar-refractivity contribution in [2.45, 2.75) is 38.2 Å². The van der Waals surface area contributed by atoms with Gasteiger partial charge < -0.3 is 10.1 Å². The average Bonchev–Trinajstić information content (AvgIpc) is 2.60. The van der Waals surface area contributed by atoms with Crippen LogP contribution >= 0.6 is 11.6 Å². The average molecular weight is 220 g/mol. The Morgan fingerprint density at radius 2 is 2.43 bits per heavy atom. The molecule has 1 saturated heterocycles. The van der Waals surface area contributed by atoms with Crippen molar-refractivity contribution in [3.05, 3.63) is 0 Å². The molecule has 0 aliphatic carbocycles. The molecule has 1 heterocycles. The van der Waals surface area contributed by atoms with E-state index in [1.807, 2.05) is 13.8 Å². The Labute approximate surface area is 90.1 Å². The minimum absolute atomic E-state index is 0.0194. The summed E-state index contributed by atoms with van der Waals surface area (Å²) in [6.07, 6.45) is 1.56. The molecule has 0 saturated carbocycles. The van der Waals surface area contributed by atoms with Crippen LogP contribution in [0.3, 0.4) is 0 Å². The van der Waals surface area contributed by atoms with Gasteiger partial charge in [-0.2, -0.15) is 0 Å². The van der Waals surface area contributed by atoms with E-state index in [0.717, 1.165) is 12.8 Å². The van der Waals surface area contributed by atoms with E-state index in [9.17, 15) is 4.79 Å². The van der Waals surface area contributed by atoms with Gasteiger partial charge in [0.2, 0.25) is 5.91 Å². The molecule has 1 N–H and O–H groups in total. The van der Waals surface area contributed by atoms with Crippen molar-refractivity contribution in [1.29, 1.82) is 0 Å². The van der Waals surface area contributed by atoms with Crippen molar-refractivity contribution < 1.29 is 9.53 Å². The van der Waals surface area contributed by atoms with E-state index in [2.05, 4.69) is 5.32 Å². The number of ether oxygens (including phenoxy) is 1. The number of rotatable bonds is 4. The summed E-state index contributed by atoms with van der Waals surface area (Å²) in [7, 11) is 0. The summed E-state index contributed by atoms with van der Waals surface area (Å²) >= 11 is 5.90. The zero-order valence-electron chi connectivity index (χ0n) is 8.75. The topological polar surface area (TPSA) is 38.3 Å². The van der Waals surface area contributed by atoms with Crippen LogP contribution < -0.4 is 5.32 Å². The molecule has 3 unspecified atom stereocenters. The van der Waals surface area contributed by atoms with Gasteiger partial charge in [-0.15, -0.1) is 11.6 Å². The molecule has 0 radical (unpaired) electrons. The summed E-state index contributed by atoms with van der Waals surface area (Å²) < 4.78 is 5.34. The van der Waals surface area contributed by atoms with Crippen molar-refractivity contribution in [2.24, 2.45) is 5.92 Å². The van der Waals surface area contributed by atoms with Crippen LogP contribution in [0.15, 0.2) is 0 Å². The molecule has 14 heavy (non-hydrogen) atoms. The lowest BCUT2D eigenvalue weighted by Gasteiger charge is -2.15. The third-order valence-electron chi connectivity index (χ3n) is 2.59. The maximum Gasteiger partial charge on any atom is 0.249 e. The van der Waals surface area contributed by atoms with Crippen LogP contribution in [0, 0.1) is 5.92 Å².